The molecule has 1 aliphatic heterocycles. The molecule has 7 nitrogen and oxygen atoms in total. The molecule has 1 heterocycles. The number of aliphatic carboxylic acids is 1. The number of hydrogen-bond acceptors (Lipinski definition) is 4. The molecule has 0 saturated carbocycles. The standard InChI is InChI=1S/C28H34N2O5/c1-3-12-28(26(32)33)13-15-30(16-14-28)25(31)19(2)17-29-27(34)35-18-24-22-10-6-4-8-20(22)21-9-5-7-11-23(21)24/h4-11,19,24H,3,12-18H2,1-2H3,(H,29,34)(H,32,33). The molecule has 1 fully saturated rings. The number of ether oxygens (including phenoxy) is 1. The summed E-state index contributed by atoms with van der Waals surface area (Å²) in [6.45, 7) is 5.02. The summed E-state index contributed by atoms with van der Waals surface area (Å²) in [6.07, 6.45) is 1.82. The molecule has 2 aliphatic rings. The normalized spacial score (nSPS) is 17.3. The lowest BCUT2D eigenvalue weighted by Crippen LogP contribution is -2.49. The molecule has 7 heteroatoms. The number of carboxylic acids is 1. The third kappa shape index (κ3) is 5.04. The van der Waals surface area contributed by atoms with Crippen molar-refractivity contribution >= 4 is 18.0 Å². The first-order valence-corrected chi connectivity index (χ1v) is 12.5. The Hall–Kier alpha value is -3.35. The van der Waals surface area contributed by atoms with E-state index in [1.54, 1.807) is 11.8 Å². The molecular formula is C28H34N2O5. The number of hydrogen-bond donors (Lipinski definition) is 2. The summed E-state index contributed by atoms with van der Waals surface area (Å²) in [7, 11) is 0. The smallest absolute Gasteiger partial charge is 0.407 e. The van der Waals surface area contributed by atoms with E-state index in [1.807, 2.05) is 31.2 Å². The summed E-state index contributed by atoms with van der Waals surface area (Å²) in [5.41, 5.74) is 3.91. The zero-order valence-corrected chi connectivity index (χ0v) is 20.5. The average Bonchev–Trinajstić information content (AvgIpc) is 3.19. The minimum Gasteiger partial charge on any atom is -0.481 e. The Labute approximate surface area is 206 Å². The van der Waals surface area contributed by atoms with E-state index in [-0.39, 0.29) is 25.0 Å². The molecule has 1 aliphatic carbocycles. The van der Waals surface area contributed by atoms with Crippen molar-refractivity contribution in [3.8, 4) is 11.1 Å². The van der Waals surface area contributed by atoms with Gasteiger partial charge in [0.25, 0.3) is 0 Å². The van der Waals surface area contributed by atoms with Crippen LogP contribution in [0, 0.1) is 11.3 Å². The zero-order valence-electron chi connectivity index (χ0n) is 20.5. The summed E-state index contributed by atoms with van der Waals surface area (Å²) >= 11 is 0. The average molecular weight is 479 g/mol. The number of carbonyl (C=O) groups is 3. The lowest BCUT2D eigenvalue weighted by Gasteiger charge is -2.39. The Morgan fingerprint density at radius 3 is 2.17 bits per heavy atom. The predicted molar refractivity (Wildman–Crippen MR) is 133 cm³/mol. The van der Waals surface area contributed by atoms with Gasteiger partial charge in [-0.25, -0.2) is 4.79 Å². The van der Waals surface area contributed by atoms with E-state index >= 15 is 0 Å². The van der Waals surface area contributed by atoms with Crippen molar-refractivity contribution in [1.29, 1.82) is 0 Å². The van der Waals surface area contributed by atoms with Crippen molar-refractivity contribution in [2.45, 2.75) is 45.4 Å². The number of alkyl carbamates (subject to hydrolysis) is 1. The summed E-state index contributed by atoms with van der Waals surface area (Å²) in [4.78, 5) is 38.8. The van der Waals surface area contributed by atoms with E-state index in [9.17, 15) is 19.5 Å². The van der Waals surface area contributed by atoms with Crippen molar-refractivity contribution in [2.24, 2.45) is 11.3 Å². The second kappa shape index (κ2) is 10.5. The summed E-state index contributed by atoms with van der Waals surface area (Å²) < 4.78 is 5.56. The first kappa shape index (κ1) is 24.8. The minimum absolute atomic E-state index is 0.0156. The molecule has 0 bridgehead atoms. The third-order valence-electron chi connectivity index (χ3n) is 7.53. The number of likely N-dealkylation sites (tertiary alicyclic amines) is 1. The maximum absolute atomic E-state index is 12.9. The number of carboxylic acid groups (broad SMARTS) is 1. The first-order chi connectivity index (χ1) is 16.9. The molecule has 2 amide bonds. The molecule has 0 aromatic heterocycles. The second-order valence-electron chi connectivity index (χ2n) is 9.77. The van der Waals surface area contributed by atoms with E-state index in [4.69, 9.17) is 4.74 Å². The summed E-state index contributed by atoms with van der Waals surface area (Å²) in [5, 5.41) is 12.4. The van der Waals surface area contributed by atoms with Gasteiger partial charge in [0.2, 0.25) is 5.91 Å². The molecular weight excluding hydrogens is 444 g/mol. The zero-order chi connectivity index (χ0) is 25.0. The SMILES string of the molecule is CCCC1(C(=O)O)CCN(C(=O)C(C)CNC(=O)OCC2c3ccccc3-c3ccccc32)CC1. The first-order valence-electron chi connectivity index (χ1n) is 12.5. The Morgan fingerprint density at radius 1 is 1.06 bits per heavy atom. The number of piperidine rings is 1. The van der Waals surface area contributed by atoms with Gasteiger partial charge in [-0.15, -0.1) is 0 Å². The largest absolute Gasteiger partial charge is 0.481 e. The fraction of sp³-hybridized carbons (Fsp3) is 0.464. The number of benzene rings is 2. The summed E-state index contributed by atoms with van der Waals surface area (Å²) in [5.74, 6) is -1.27. The van der Waals surface area contributed by atoms with Gasteiger partial charge in [-0.05, 0) is 41.5 Å². The topological polar surface area (TPSA) is 95.9 Å². The van der Waals surface area contributed by atoms with Crippen LogP contribution in [0.25, 0.3) is 11.1 Å². The molecule has 2 aromatic rings. The van der Waals surface area contributed by atoms with Crippen molar-refractivity contribution < 1.29 is 24.2 Å². The molecule has 1 saturated heterocycles. The van der Waals surface area contributed by atoms with Gasteiger partial charge in [0.05, 0.1) is 11.3 Å². The van der Waals surface area contributed by atoms with Crippen LogP contribution in [-0.2, 0) is 14.3 Å². The lowest BCUT2D eigenvalue weighted by atomic mass is 9.75. The number of nitrogens with one attached hydrogen (secondary N) is 1. The van der Waals surface area contributed by atoms with Gasteiger partial charge in [0.1, 0.15) is 6.61 Å². The van der Waals surface area contributed by atoms with Crippen LogP contribution in [0.5, 0.6) is 0 Å². The Kier molecular flexibility index (Phi) is 7.43. The van der Waals surface area contributed by atoms with Crippen LogP contribution in [0.4, 0.5) is 4.79 Å². The Balaban J connectivity index is 1.27. The van der Waals surface area contributed by atoms with Crippen LogP contribution in [0.3, 0.4) is 0 Å². The van der Waals surface area contributed by atoms with Crippen LogP contribution in [-0.4, -0.2) is 54.2 Å². The quantitative estimate of drug-likeness (QED) is 0.576. The molecule has 186 valence electrons. The van der Waals surface area contributed by atoms with Gasteiger partial charge in [-0.3, -0.25) is 9.59 Å². The molecule has 0 radical (unpaired) electrons. The number of nitrogens with zero attached hydrogens (tertiary/aromatic N) is 1. The van der Waals surface area contributed by atoms with E-state index in [2.05, 4.69) is 29.6 Å². The molecule has 1 unspecified atom stereocenters. The fourth-order valence-corrected chi connectivity index (χ4v) is 5.49. The van der Waals surface area contributed by atoms with Gasteiger partial charge in [0, 0.05) is 25.6 Å². The van der Waals surface area contributed by atoms with E-state index in [1.165, 1.54) is 11.1 Å². The third-order valence-corrected chi connectivity index (χ3v) is 7.53. The molecule has 2 aromatic carbocycles. The van der Waals surface area contributed by atoms with Crippen molar-refractivity contribution in [3.63, 3.8) is 0 Å². The highest BCUT2D eigenvalue weighted by molar-refractivity contribution is 5.81. The predicted octanol–water partition coefficient (Wildman–Crippen LogP) is 4.65. The monoisotopic (exact) mass is 478 g/mol. The van der Waals surface area contributed by atoms with Crippen molar-refractivity contribution in [1.82, 2.24) is 10.2 Å². The number of rotatable bonds is 8. The second-order valence-corrected chi connectivity index (χ2v) is 9.77. The molecule has 4 rings (SSSR count). The minimum atomic E-state index is -0.767. The van der Waals surface area contributed by atoms with Gasteiger partial charge in [-0.2, -0.15) is 0 Å². The van der Waals surface area contributed by atoms with Crippen molar-refractivity contribution in [3.05, 3.63) is 59.7 Å². The highest BCUT2D eigenvalue weighted by atomic mass is 16.5. The highest BCUT2D eigenvalue weighted by Gasteiger charge is 2.42. The van der Waals surface area contributed by atoms with Crippen LogP contribution in [0.2, 0.25) is 0 Å². The van der Waals surface area contributed by atoms with E-state index < -0.39 is 23.4 Å². The van der Waals surface area contributed by atoms with Crippen LogP contribution in [0.15, 0.2) is 48.5 Å². The fourth-order valence-electron chi connectivity index (χ4n) is 5.49. The van der Waals surface area contributed by atoms with E-state index in [0.717, 1.165) is 17.5 Å². The number of amides is 2. The molecule has 1 atom stereocenters. The number of fused-ring (bicyclic) bond motifs is 3. The van der Waals surface area contributed by atoms with Crippen LogP contribution < -0.4 is 5.32 Å². The maximum Gasteiger partial charge on any atom is 0.407 e. The Bertz CT molecular complexity index is 1040. The number of carbonyl (C=O) groups excluding carboxylic acids is 2. The lowest BCUT2D eigenvalue weighted by molar-refractivity contribution is -0.155. The van der Waals surface area contributed by atoms with Crippen LogP contribution in [0.1, 0.15) is 56.6 Å². The van der Waals surface area contributed by atoms with Gasteiger partial charge in [0.15, 0.2) is 0 Å². The van der Waals surface area contributed by atoms with Gasteiger partial charge < -0.3 is 20.1 Å². The van der Waals surface area contributed by atoms with E-state index in [0.29, 0.717) is 32.4 Å². The molecule has 2 N–H and O–H groups in total. The summed E-state index contributed by atoms with van der Waals surface area (Å²) in [6, 6.07) is 16.3. The molecule has 0 spiro atoms. The Morgan fingerprint density at radius 2 is 1.63 bits per heavy atom. The van der Waals surface area contributed by atoms with Gasteiger partial charge in [-0.1, -0.05) is 68.8 Å². The van der Waals surface area contributed by atoms with Crippen LogP contribution >= 0.6 is 0 Å². The maximum atomic E-state index is 12.9. The highest BCUT2D eigenvalue weighted by Crippen LogP contribution is 2.44. The molecule has 35 heavy (non-hydrogen) atoms. The van der Waals surface area contributed by atoms with Crippen molar-refractivity contribution in [2.75, 3.05) is 26.2 Å². The van der Waals surface area contributed by atoms with Gasteiger partial charge >= 0.3 is 12.1 Å².